The van der Waals surface area contributed by atoms with Crippen molar-refractivity contribution in [1.29, 1.82) is 0 Å². The van der Waals surface area contributed by atoms with Crippen molar-refractivity contribution in [3.05, 3.63) is 63.7 Å². The van der Waals surface area contributed by atoms with E-state index in [0.717, 1.165) is 5.56 Å². The van der Waals surface area contributed by atoms with Gasteiger partial charge in [-0.15, -0.1) is 0 Å². The average molecular weight is 387 g/mol. The second kappa shape index (κ2) is 7.90. The predicted octanol–water partition coefficient (Wildman–Crippen LogP) is 3.53. The van der Waals surface area contributed by atoms with Crippen LogP contribution in [0.15, 0.2) is 36.4 Å². The van der Waals surface area contributed by atoms with Crippen LogP contribution in [0.2, 0.25) is 5.02 Å². The van der Waals surface area contributed by atoms with Gasteiger partial charge in [-0.05, 0) is 49.2 Å². The van der Waals surface area contributed by atoms with Crippen molar-refractivity contribution in [3.8, 4) is 0 Å². The normalized spacial score (nSPS) is 13.1. The summed E-state index contributed by atoms with van der Waals surface area (Å²) >= 11 is 5.98. The summed E-state index contributed by atoms with van der Waals surface area (Å²) in [4.78, 5) is 38.7. The number of nitrogens with zero attached hydrogens (tertiary/aromatic N) is 1. The number of halogens is 1. The van der Waals surface area contributed by atoms with Crippen molar-refractivity contribution >= 4 is 35.0 Å². The van der Waals surface area contributed by atoms with Gasteiger partial charge in [0.25, 0.3) is 17.7 Å². The molecule has 6 nitrogen and oxygen atoms in total. The molecule has 0 saturated heterocycles. The quantitative estimate of drug-likeness (QED) is 0.608. The molecule has 0 aliphatic carbocycles. The molecule has 0 spiro atoms. The van der Waals surface area contributed by atoms with Crippen LogP contribution in [0.25, 0.3) is 0 Å². The highest BCUT2D eigenvalue weighted by Gasteiger charge is 2.35. The van der Waals surface area contributed by atoms with Gasteiger partial charge in [0, 0.05) is 36.5 Å². The lowest BCUT2D eigenvalue weighted by molar-refractivity contribution is 0.0638. The van der Waals surface area contributed by atoms with Crippen LogP contribution >= 0.6 is 11.6 Å². The van der Waals surface area contributed by atoms with Gasteiger partial charge in [-0.25, -0.2) is 0 Å². The van der Waals surface area contributed by atoms with E-state index in [1.165, 1.54) is 23.1 Å². The van der Waals surface area contributed by atoms with Gasteiger partial charge < -0.3 is 10.1 Å². The summed E-state index contributed by atoms with van der Waals surface area (Å²) in [6, 6.07) is 9.73. The number of carbonyl (C=O) groups excluding carboxylic acids is 3. The van der Waals surface area contributed by atoms with Crippen LogP contribution in [0, 0.1) is 6.92 Å². The molecule has 0 saturated carbocycles. The number of amides is 3. The van der Waals surface area contributed by atoms with E-state index >= 15 is 0 Å². The number of imide groups is 1. The molecule has 1 heterocycles. The molecule has 0 radical (unpaired) electrons. The van der Waals surface area contributed by atoms with Crippen LogP contribution in [0.5, 0.6) is 0 Å². The Hall–Kier alpha value is -2.70. The Morgan fingerprint density at radius 2 is 1.85 bits per heavy atom. The number of hydrogen-bond donors (Lipinski definition) is 1. The van der Waals surface area contributed by atoms with E-state index in [1.807, 2.05) is 6.92 Å². The maximum absolute atomic E-state index is 12.6. The Morgan fingerprint density at radius 1 is 1.11 bits per heavy atom. The van der Waals surface area contributed by atoms with Crippen LogP contribution in [-0.2, 0) is 4.74 Å². The Kier molecular flexibility index (Phi) is 5.58. The van der Waals surface area contributed by atoms with Crippen LogP contribution in [-0.4, -0.2) is 42.9 Å². The lowest BCUT2D eigenvalue weighted by atomic mass is 10.0. The average Bonchev–Trinajstić information content (AvgIpc) is 2.89. The third-order valence-corrected chi connectivity index (χ3v) is 4.65. The minimum Gasteiger partial charge on any atom is -0.385 e. The van der Waals surface area contributed by atoms with Gasteiger partial charge in [-0.1, -0.05) is 17.7 Å². The van der Waals surface area contributed by atoms with E-state index in [9.17, 15) is 14.4 Å². The Bertz CT molecular complexity index is 926. The van der Waals surface area contributed by atoms with E-state index in [1.54, 1.807) is 25.3 Å². The lowest BCUT2D eigenvalue weighted by Gasteiger charge is -2.12. The summed E-state index contributed by atoms with van der Waals surface area (Å²) in [5, 5.41) is 3.30. The number of fused-ring (bicyclic) bond motifs is 1. The van der Waals surface area contributed by atoms with Crippen LogP contribution in [0.3, 0.4) is 0 Å². The number of methoxy groups -OCH3 is 1. The molecule has 7 heteroatoms. The molecule has 2 aromatic carbocycles. The molecule has 0 bridgehead atoms. The molecular weight excluding hydrogens is 368 g/mol. The van der Waals surface area contributed by atoms with Crippen LogP contribution < -0.4 is 5.32 Å². The van der Waals surface area contributed by atoms with E-state index < -0.39 is 0 Å². The molecule has 0 aromatic heterocycles. The van der Waals surface area contributed by atoms with Gasteiger partial charge >= 0.3 is 0 Å². The molecular formula is C20H19ClN2O4. The molecule has 3 amide bonds. The van der Waals surface area contributed by atoms with Gasteiger partial charge in [0.05, 0.1) is 11.1 Å². The molecule has 27 heavy (non-hydrogen) atoms. The fraction of sp³-hybridized carbons (Fsp3) is 0.250. The van der Waals surface area contributed by atoms with Crippen molar-refractivity contribution in [2.75, 3.05) is 25.6 Å². The number of carbonyl (C=O) groups is 3. The smallest absolute Gasteiger partial charge is 0.261 e. The highest BCUT2D eigenvalue weighted by molar-refractivity contribution is 6.31. The third-order valence-electron chi connectivity index (χ3n) is 4.41. The standard InChI is InChI=1S/C20H19ClN2O4/c1-12-4-6-14(21)11-17(12)22-18(24)13-5-7-15-16(10-13)20(26)23(19(15)25)8-3-9-27-2/h4-7,10-11H,3,8-9H2,1-2H3,(H,22,24). The molecule has 140 valence electrons. The zero-order chi connectivity index (χ0) is 19.6. The molecule has 2 aromatic rings. The molecule has 1 aliphatic heterocycles. The Morgan fingerprint density at radius 3 is 2.59 bits per heavy atom. The minimum atomic E-state index is -0.389. The van der Waals surface area contributed by atoms with E-state index in [0.29, 0.717) is 34.9 Å². The maximum atomic E-state index is 12.6. The topological polar surface area (TPSA) is 75.7 Å². The number of ether oxygens (including phenoxy) is 1. The van der Waals surface area contributed by atoms with Gasteiger partial charge in [0.15, 0.2) is 0 Å². The molecule has 0 fully saturated rings. The number of anilines is 1. The molecule has 0 unspecified atom stereocenters. The summed E-state index contributed by atoms with van der Waals surface area (Å²) < 4.78 is 4.96. The van der Waals surface area contributed by atoms with E-state index in [4.69, 9.17) is 16.3 Å². The molecule has 1 N–H and O–H groups in total. The van der Waals surface area contributed by atoms with Gasteiger partial charge in [0.2, 0.25) is 0 Å². The first-order valence-electron chi connectivity index (χ1n) is 8.49. The molecule has 0 atom stereocenters. The number of aryl methyl sites for hydroxylation is 1. The Balaban J connectivity index is 1.81. The van der Waals surface area contributed by atoms with Gasteiger partial charge in [-0.3, -0.25) is 19.3 Å². The third kappa shape index (κ3) is 3.86. The molecule has 1 aliphatic rings. The zero-order valence-corrected chi connectivity index (χ0v) is 15.8. The summed E-state index contributed by atoms with van der Waals surface area (Å²) in [5.74, 6) is -1.11. The van der Waals surface area contributed by atoms with Crippen molar-refractivity contribution in [2.45, 2.75) is 13.3 Å². The zero-order valence-electron chi connectivity index (χ0n) is 15.0. The van der Waals surface area contributed by atoms with E-state index in [-0.39, 0.29) is 29.8 Å². The highest BCUT2D eigenvalue weighted by Crippen LogP contribution is 2.25. The fourth-order valence-electron chi connectivity index (χ4n) is 2.93. The highest BCUT2D eigenvalue weighted by atomic mass is 35.5. The van der Waals surface area contributed by atoms with Crippen molar-refractivity contribution in [3.63, 3.8) is 0 Å². The summed E-state index contributed by atoms with van der Waals surface area (Å²) in [5.41, 5.74) is 2.31. The lowest BCUT2D eigenvalue weighted by Crippen LogP contribution is -2.31. The first-order valence-corrected chi connectivity index (χ1v) is 8.87. The van der Waals surface area contributed by atoms with E-state index in [2.05, 4.69) is 5.32 Å². The number of nitrogens with one attached hydrogen (secondary N) is 1. The van der Waals surface area contributed by atoms with Crippen molar-refractivity contribution in [2.24, 2.45) is 0 Å². The summed E-state index contributed by atoms with van der Waals surface area (Å²) in [7, 11) is 1.56. The van der Waals surface area contributed by atoms with Gasteiger partial charge in [0.1, 0.15) is 0 Å². The fourth-order valence-corrected chi connectivity index (χ4v) is 3.10. The van der Waals surface area contributed by atoms with Crippen molar-refractivity contribution in [1.82, 2.24) is 4.90 Å². The second-order valence-corrected chi connectivity index (χ2v) is 6.72. The first kappa shape index (κ1) is 19.1. The maximum Gasteiger partial charge on any atom is 0.261 e. The van der Waals surface area contributed by atoms with Crippen LogP contribution in [0.4, 0.5) is 5.69 Å². The van der Waals surface area contributed by atoms with Gasteiger partial charge in [-0.2, -0.15) is 0 Å². The second-order valence-electron chi connectivity index (χ2n) is 6.28. The Labute approximate surface area is 162 Å². The van der Waals surface area contributed by atoms with Crippen LogP contribution in [0.1, 0.15) is 43.1 Å². The molecule has 3 rings (SSSR count). The summed E-state index contributed by atoms with van der Waals surface area (Å²) in [6.45, 7) is 2.60. The monoisotopic (exact) mass is 386 g/mol. The SMILES string of the molecule is COCCCN1C(=O)c2ccc(C(=O)Nc3cc(Cl)ccc3C)cc2C1=O. The number of rotatable bonds is 6. The largest absolute Gasteiger partial charge is 0.385 e. The summed E-state index contributed by atoms with van der Waals surface area (Å²) in [6.07, 6.45) is 0.559. The van der Waals surface area contributed by atoms with Crippen molar-refractivity contribution < 1.29 is 19.1 Å². The first-order chi connectivity index (χ1) is 12.9. The number of benzene rings is 2. The predicted molar refractivity (Wildman–Crippen MR) is 102 cm³/mol. The number of hydrogen-bond acceptors (Lipinski definition) is 4. The minimum absolute atomic E-state index is 0.243.